The van der Waals surface area contributed by atoms with Gasteiger partial charge < -0.3 is 23.5 Å². The third kappa shape index (κ3) is 5.19. The average molecular weight is 513 g/mol. The van der Waals surface area contributed by atoms with Crippen LogP contribution in [0.1, 0.15) is 17.0 Å². The van der Waals surface area contributed by atoms with E-state index in [4.69, 9.17) is 30.5 Å². The number of nitrogens with zero attached hydrogens (tertiary/aromatic N) is 4. The molecule has 0 N–H and O–H groups in total. The summed E-state index contributed by atoms with van der Waals surface area (Å²) in [5, 5.41) is 0.173. The maximum absolute atomic E-state index is 6.61. The van der Waals surface area contributed by atoms with Gasteiger partial charge in [-0.05, 0) is 47.5 Å². The Balaban J connectivity index is 1.29. The average Bonchev–Trinajstić information content (AvgIpc) is 3.62. The number of benzene rings is 3. The van der Waals surface area contributed by atoms with Crippen molar-refractivity contribution >= 4 is 11.6 Å². The van der Waals surface area contributed by atoms with Crippen LogP contribution >= 0.6 is 11.6 Å². The first-order valence-electron chi connectivity index (χ1n) is 11.6. The Morgan fingerprint density at radius 2 is 1.73 bits per heavy atom. The minimum absolute atomic E-state index is 0.173. The lowest BCUT2D eigenvalue weighted by Gasteiger charge is -2.14. The van der Waals surface area contributed by atoms with Crippen molar-refractivity contribution in [2.24, 2.45) is 0 Å². The first-order chi connectivity index (χ1) is 18.2. The molecule has 3 heterocycles. The van der Waals surface area contributed by atoms with Gasteiger partial charge in [0, 0.05) is 24.5 Å². The van der Waals surface area contributed by atoms with Crippen LogP contribution in [0.5, 0.6) is 28.9 Å². The molecule has 0 aliphatic carbocycles. The van der Waals surface area contributed by atoms with Crippen LogP contribution < -0.4 is 18.9 Å². The minimum Gasteiger partial charge on any atom is -0.481 e. The third-order valence-corrected chi connectivity index (χ3v) is 5.97. The van der Waals surface area contributed by atoms with Crippen molar-refractivity contribution in [3.05, 3.63) is 114 Å². The topological polar surface area (TPSA) is 80.5 Å². The number of hydrogen-bond donors (Lipinski definition) is 0. The van der Waals surface area contributed by atoms with Gasteiger partial charge in [0.25, 0.3) is 5.88 Å². The summed E-state index contributed by atoms with van der Waals surface area (Å²) in [6.07, 6.45) is 5.76. The first kappa shape index (κ1) is 22.9. The molecule has 0 radical (unpaired) electrons. The van der Waals surface area contributed by atoms with Gasteiger partial charge in [-0.2, -0.15) is 4.98 Å². The van der Waals surface area contributed by atoms with Gasteiger partial charge in [-0.25, -0.2) is 9.97 Å². The predicted molar refractivity (Wildman–Crippen MR) is 137 cm³/mol. The van der Waals surface area contributed by atoms with Gasteiger partial charge in [0.05, 0.1) is 6.33 Å². The maximum atomic E-state index is 6.61. The largest absolute Gasteiger partial charge is 0.481 e. The van der Waals surface area contributed by atoms with Crippen molar-refractivity contribution in [1.82, 2.24) is 19.5 Å². The lowest BCUT2D eigenvalue weighted by Crippen LogP contribution is -2.05. The second kappa shape index (κ2) is 10.2. The number of halogens is 1. The molecule has 0 bridgehead atoms. The van der Waals surface area contributed by atoms with E-state index >= 15 is 0 Å². The van der Waals surface area contributed by atoms with Crippen LogP contribution in [0.2, 0.25) is 5.15 Å². The predicted octanol–water partition coefficient (Wildman–Crippen LogP) is 6.01. The van der Waals surface area contributed by atoms with E-state index in [1.54, 1.807) is 12.5 Å². The van der Waals surface area contributed by atoms with E-state index in [-0.39, 0.29) is 23.6 Å². The van der Waals surface area contributed by atoms with Crippen molar-refractivity contribution < 1.29 is 18.9 Å². The third-order valence-electron chi connectivity index (χ3n) is 5.72. The molecule has 2 aromatic heterocycles. The normalized spacial score (nSPS) is 11.9. The molecular weight excluding hydrogens is 492 g/mol. The van der Waals surface area contributed by atoms with Gasteiger partial charge in [-0.15, -0.1) is 0 Å². The molecule has 9 heteroatoms. The van der Waals surface area contributed by atoms with E-state index in [1.807, 2.05) is 83.6 Å². The zero-order valence-corrected chi connectivity index (χ0v) is 20.3. The second-order valence-electron chi connectivity index (χ2n) is 8.27. The summed E-state index contributed by atoms with van der Waals surface area (Å²) in [6.45, 7) is 0.507. The van der Waals surface area contributed by atoms with Crippen molar-refractivity contribution in [3.8, 4) is 34.6 Å². The van der Waals surface area contributed by atoms with Crippen molar-refractivity contribution in [1.29, 1.82) is 0 Å². The Morgan fingerprint density at radius 1 is 0.892 bits per heavy atom. The van der Waals surface area contributed by atoms with Gasteiger partial charge >= 0.3 is 0 Å². The number of rotatable bonds is 8. The summed E-state index contributed by atoms with van der Waals surface area (Å²) >= 11 is 6.61. The van der Waals surface area contributed by atoms with Crippen molar-refractivity contribution in [2.45, 2.75) is 13.0 Å². The van der Waals surface area contributed by atoms with Gasteiger partial charge in [0.15, 0.2) is 16.7 Å². The van der Waals surface area contributed by atoms with Gasteiger partial charge in [-0.1, -0.05) is 48.0 Å². The SMILES string of the molecule is Clc1nc(Cc2ccc3c(c2)OCO3)nc(Oc2ccc(-n3ccnc3)cc2)c1OCc1ccccc1. The van der Waals surface area contributed by atoms with Crippen LogP contribution in [0, 0.1) is 0 Å². The lowest BCUT2D eigenvalue weighted by molar-refractivity contribution is 0.174. The van der Waals surface area contributed by atoms with Crippen molar-refractivity contribution in [3.63, 3.8) is 0 Å². The van der Waals surface area contributed by atoms with Crippen LogP contribution in [-0.2, 0) is 13.0 Å². The van der Waals surface area contributed by atoms with E-state index in [2.05, 4.69) is 15.0 Å². The lowest BCUT2D eigenvalue weighted by atomic mass is 10.1. The van der Waals surface area contributed by atoms with Crippen molar-refractivity contribution in [2.75, 3.05) is 6.79 Å². The van der Waals surface area contributed by atoms with E-state index < -0.39 is 0 Å². The molecule has 0 atom stereocenters. The fourth-order valence-corrected chi connectivity index (χ4v) is 4.12. The summed E-state index contributed by atoms with van der Waals surface area (Å²) in [5.41, 5.74) is 2.89. The summed E-state index contributed by atoms with van der Waals surface area (Å²) < 4.78 is 25.0. The Morgan fingerprint density at radius 3 is 2.54 bits per heavy atom. The smallest absolute Gasteiger partial charge is 0.267 e. The van der Waals surface area contributed by atoms with Crippen LogP contribution in [0.15, 0.2) is 91.5 Å². The Hall–Kier alpha value is -4.56. The molecule has 8 nitrogen and oxygen atoms in total. The van der Waals surface area contributed by atoms with Crippen LogP contribution in [0.25, 0.3) is 5.69 Å². The molecule has 0 fully saturated rings. The Labute approximate surface area is 218 Å². The highest BCUT2D eigenvalue weighted by Crippen LogP contribution is 2.37. The molecule has 1 aliphatic heterocycles. The summed E-state index contributed by atoms with van der Waals surface area (Å²) in [4.78, 5) is 13.3. The zero-order valence-electron chi connectivity index (χ0n) is 19.6. The molecule has 0 amide bonds. The molecule has 6 rings (SSSR count). The molecule has 37 heavy (non-hydrogen) atoms. The fraction of sp³-hybridized carbons (Fsp3) is 0.107. The molecule has 0 unspecified atom stereocenters. The Kier molecular flexibility index (Phi) is 6.31. The van der Waals surface area contributed by atoms with Crippen LogP contribution in [0.4, 0.5) is 0 Å². The Bertz CT molecular complexity index is 1510. The second-order valence-corrected chi connectivity index (χ2v) is 8.63. The summed E-state index contributed by atoms with van der Waals surface area (Å²) in [5.74, 6) is 3.00. The fourth-order valence-electron chi connectivity index (χ4n) is 3.89. The summed E-state index contributed by atoms with van der Waals surface area (Å²) in [6, 6.07) is 23.1. The highest BCUT2D eigenvalue weighted by Gasteiger charge is 2.19. The van der Waals surface area contributed by atoms with Gasteiger partial charge in [0.2, 0.25) is 12.5 Å². The number of aromatic nitrogens is 4. The first-order valence-corrected chi connectivity index (χ1v) is 12.0. The van der Waals surface area contributed by atoms with Gasteiger partial charge in [0.1, 0.15) is 18.2 Å². The highest BCUT2D eigenvalue weighted by atomic mass is 35.5. The molecule has 3 aromatic carbocycles. The molecule has 0 saturated carbocycles. The molecule has 1 aliphatic rings. The summed E-state index contributed by atoms with van der Waals surface area (Å²) in [7, 11) is 0. The van der Waals surface area contributed by atoms with E-state index in [1.165, 1.54) is 0 Å². The van der Waals surface area contributed by atoms with E-state index in [0.29, 0.717) is 30.4 Å². The number of imidazole rings is 1. The van der Waals surface area contributed by atoms with E-state index in [9.17, 15) is 0 Å². The molecule has 5 aromatic rings. The number of ether oxygens (including phenoxy) is 4. The highest BCUT2D eigenvalue weighted by molar-refractivity contribution is 6.31. The quantitative estimate of drug-likeness (QED) is 0.236. The van der Waals surface area contributed by atoms with E-state index in [0.717, 1.165) is 22.6 Å². The molecule has 184 valence electrons. The standard InChI is InChI=1S/C28H21ClN4O4/c29-27-26(34-16-19-4-2-1-3-5-19)28(37-22-9-7-21(8-10-22)33-13-12-30-17-33)32-25(31-27)15-20-6-11-23-24(14-20)36-18-35-23/h1-14,17H,15-16,18H2. The van der Waals surface area contributed by atoms with Gasteiger partial charge in [-0.3, -0.25) is 0 Å². The molecule has 0 spiro atoms. The van der Waals surface area contributed by atoms with Crippen LogP contribution in [-0.4, -0.2) is 26.3 Å². The maximum Gasteiger partial charge on any atom is 0.267 e. The zero-order chi connectivity index (χ0) is 25.0. The minimum atomic E-state index is 0.173. The monoisotopic (exact) mass is 512 g/mol. The van der Waals surface area contributed by atoms with Crippen LogP contribution in [0.3, 0.4) is 0 Å². The molecule has 0 saturated heterocycles. The molecular formula is C28H21ClN4O4. The number of fused-ring (bicyclic) bond motifs is 1. The number of hydrogen-bond acceptors (Lipinski definition) is 7.